The average Bonchev–Trinajstić information content (AvgIpc) is 3.09. The lowest BCUT2D eigenvalue weighted by atomic mass is 10.2. The maximum atomic E-state index is 9.68. The maximum Gasteiger partial charge on any atom is 0.194 e. The monoisotopic (exact) mass is 294 g/mol. The average molecular weight is 294 g/mol. The molecule has 0 aliphatic carbocycles. The van der Waals surface area contributed by atoms with Crippen molar-refractivity contribution in [1.82, 2.24) is 15.1 Å². The van der Waals surface area contributed by atoms with Crippen molar-refractivity contribution >= 4 is 5.96 Å². The summed E-state index contributed by atoms with van der Waals surface area (Å²) in [5.74, 6) is 1.79. The molecule has 2 rings (SSSR count). The van der Waals surface area contributed by atoms with E-state index in [4.69, 9.17) is 9.41 Å². The predicted octanol–water partition coefficient (Wildman–Crippen LogP) is 0.914. The molecule has 1 saturated heterocycles. The third-order valence-corrected chi connectivity index (χ3v) is 3.71. The zero-order chi connectivity index (χ0) is 15.2. The highest BCUT2D eigenvalue weighted by Gasteiger charge is 2.24. The first-order chi connectivity index (χ1) is 10.1. The first-order valence-corrected chi connectivity index (χ1v) is 7.53. The van der Waals surface area contributed by atoms with Crippen molar-refractivity contribution in [2.75, 3.05) is 40.3 Å². The topological polar surface area (TPSA) is 64.2 Å². The molecule has 1 aliphatic rings. The van der Waals surface area contributed by atoms with Crippen molar-refractivity contribution in [3.63, 3.8) is 0 Å². The molecule has 1 fully saturated rings. The molecule has 1 aliphatic heterocycles. The number of likely N-dealkylation sites (N-methyl/N-ethyl adjacent to an activating group) is 1. The quantitative estimate of drug-likeness (QED) is 0.624. The maximum absolute atomic E-state index is 9.68. The molecule has 1 unspecified atom stereocenters. The van der Waals surface area contributed by atoms with Gasteiger partial charge in [0.25, 0.3) is 0 Å². The number of furan rings is 1. The summed E-state index contributed by atoms with van der Waals surface area (Å²) in [6.07, 6.45) is 2.25. The molecule has 6 heteroatoms. The molecule has 0 saturated carbocycles. The number of aliphatic hydroxyl groups excluding tert-OH is 1. The van der Waals surface area contributed by atoms with Crippen LogP contribution in [0.5, 0.6) is 0 Å². The molecule has 21 heavy (non-hydrogen) atoms. The van der Waals surface area contributed by atoms with Crippen LogP contribution in [-0.4, -0.2) is 67.2 Å². The summed E-state index contributed by atoms with van der Waals surface area (Å²) in [6, 6.07) is 3.99. The van der Waals surface area contributed by atoms with Gasteiger partial charge in [-0.25, -0.2) is 0 Å². The number of nitrogens with one attached hydrogen (secondary N) is 1. The van der Waals surface area contributed by atoms with Gasteiger partial charge in [0.15, 0.2) is 5.96 Å². The molecule has 1 aromatic heterocycles. The van der Waals surface area contributed by atoms with Gasteiger partial charge in [0, 0.05) is 19.6 Å². The predicted molar refractivity (Wildman–Crippen MR) is 83.3 cm³/mol. The summed E-state index contributed by atoms with van der Waals surface area (Å²) < 4.78 is 5.51. The SMILES string of the molecule is CCNC(=NCC(c1ccco1)N(C)C)N1CC[C@@H](O)C1. The van der Waals surface area contributed by atoms with Crippen molar-refractivity contribution in [3.8, 4) is 0 Å². The van der Waals surface area contributed by atoms with Gasteiger partial charge in [-0.3, -0.25) is 9.89 Å². The van der Waals surface area contributed by atoms with E-state index in [1.165, 1.54) is 0 Å². The van der Waals surface area contributed by atoms with E-state index in [1.807, 2.05) is 26.2 Å². The van der Waals surface area contributed by atoms with E-state index in [2.05, 4.69) is 22.0 Å². The van der Waals surface area contributed by atoms with Gasteiger partial charge in [-0.15, -0.1) is 0 Å². The second-order valence-electron chi connectivity index (χ2n) is 5.58. The first kappa shape index (κ1) is 15.9. The fraction of sp³-hybridized carbons (Fsp3) is 0.667. The van der Waals surface area contributed by atoms with Crippen molar-refractivity contribution in [2.24, 2.45) is 4.99 Å². The van der Waals surface area contributed by atoms with E-state index in [0.29, 0.717) is 13.1 Å². The van der Waals surface area contributed by atoms with E-state index < -0.39 is 0 Å². The van der Waals surface area contributed by atoms with Crippen LogP contribution in [-0.2, 0) is 0 Å². The van der Waals surface area contributed by atoms with Crippen LogP contribution in [0.25, 0.3) is 0 Å². The highest BCUT2D eigenvalue weighted by Crippen LogP contribution is 2.19. The summed E-state index contributed by atoms with van der Waals surface area (Å²) in [6.45, 7) is 4.99. The number of hydrogen-bond donors (Lipinski definition) is 2. The molecule has 0 aromatic carbocycles. The van der Waals surface area contributed by atoms with Gasteiger partial charge in [-0.1, -0.05) is 0 Å². The van der Waals surface area contributed by atoms with E-state index in [0.717, 1.165) is 31.2 Å². The minimum Gasteiger partial charge on any atom is -0.468 e. The molecule has 118 valence electrons. The first-order valence-electron chi connectivity index (χ1n) is 7.53. The van der Waals surface area contributed by atoms with Crippen LogP contribution in [0.15, 0.2) is 27.8 Å². The summed E-state index contributed by atoms with van der Waals surface area (Å²) >= 11 is 0. The minimum absolute atomic E-state index is 0.112. The third-order valence-electron chi connectivity index (χ3n) is 3.71. The number of hydrogen-bond acceptors (Lipinski definition) is 4. The summed E-state index contributed by atoms with van der Waals surface area (Å²) in [4.78, 5) is 8.94. The summed E-state index contributed by atoms with van der Waals surface area (Å²) in [7, 11) is 4.05. The van der Waals surface area contributed by atoms with Gasteiger partial charge in [-0.05, 0) is 39.6 Å². The fourth-order valence-electron chi connectivity index (χ4n) is 2.52. The Morgan fingerprint density at radius 1 is 1.62 bits per heavy atom. The molecule has 0 radical (unpaired) electrons. The van der Waals surface area contributed by atoms with Crippen LogP contribution in [0, 0.1) is 0 Å². The Morgan fingerprint density at radius 3 is 2.95 bits per heavy atom. The molecular weight excluding hydrogens is 268 g/mol. The van der Waals surface area contributed by atoms with E-state index in [9.17, 15) is 5.11 Å². The zero-order valence-corrected chi connectivity index (χ0v) is 13.1. The van der Waals surface area contributed by atoms with Crippen LogP contribution >= 0.6 is 0 Å². The molecule has 6 nitrogen and oxygen atoms in total. The third kappa shape index (κ3) is 4.22. The summed E-state index contributed by atoms with van der Waals surface area (Å²) in [5, 5.41) is 13.0. The molecule has 0 spiro atoms. The Morgan fingerprint density at radius 2 is 2.43 bits per heavy atom. The van der Waals surface area contributed by atoms with Gasteiger partial charge < -0.3 is 19.7 Å². The Balaban J connectivity index is 2.06. The Bertz CT molecular complexity index is 445. The standard InChI is InChI=1S/C15H26N4O2/c1-4-16-15(19-8-7-12(20)11-19)17-10-13(18(2)3)14-6-5-9-21-14/h5-6,9,12-13,20H,4,7-8,10-11H2,1-3H3,(H,16,17)/t12-,13?/m1/s1. The lowest BCUT2D eigenvalue weighted by molar-refractivity contribution is 0.187. The normalized spacial score (nSPS) is 21.1. The second-order valence-corrected chi connectivity index (χ2v) is 5.58. The fourth-order valence-corrected chi connectivity index (χ4v) is 2.52. The molecule has 0 bridgehead atoms. The highest BCUT2D eigenvalue weighted by atomic mass is 16.3. The van der Waals surface area contributed by atoms with Crippen LogP contribution in [0.3, 0.4) is 0 Å². The molecule has 2 heterocycles. The molecule has 2 N–H and O–H groups in total. The minimum atomic E-state index is -0.247. The lowest BCUT2D eigenvalue weighted by Crippen LogP contribution is -2.41. The van der Waals surface area contributed by atoms with Gasteiger partial charge in [0.05, 0.1) is 25.0 Å². The van der Waals surface area contributed by atoms with Crippen molar-refractivity contribution in [3.05, 3.63) is 24.2 Å². The number of guanidine groups is 1. The second kappa shape index (κ2) is 7.47. The number of nitrogens with zero attached hydrogens (tertiary/aromatic N) is 3. The Labute approximate surface area is 126 Å². The van der Waals surface area contributed by atoms with Gasteiger partial charge in [-0.2, -0.15) is 0 Å². The molecular formula is C15H26N4O2. The zero-order valence-electron chi connectivity index (χ0n) is 13.1. The Hall–Kier alpha value is -1.53. The Kier molecular flexibility index (Phi) is 5.64. The van der Waals surface area contributed by atoms with Crippen LogP contribution in [0.1, 0.15) is 25.1 Å². The molecule has 2 atom stereocenters. The van der Waals surface area contributed by atoms with Crippen LogP contribution in [0.2, 0.25) is 0 Å². The van der Waals surface area contributed by atoms with Gasteiger partial charge in [0.1, 0.15) is 5.76 Å². The van der Waals surface area contributed by atoms with Crippen molar-refractivity contribution < 1.29 is 9.52 Å². The molecule has 1 aromatic rings. The van der Waals surface area contributed by atoms with E-state index >= 15 is 0 Å². The van der Waals surface area contributed by atoms with E-state index in [1.54, 1.807) is 6.26 Å². The van der Waals surface area contributed by atoms with Crippen LogP contribution < -0.4 is 5.32 Å². The van der Waals surface area contributed by atoms with Crippen LogP contribution in [0.4, 0.5) is 0 Å². The molecule has 0 amide bonds. The van der Waals surface area contributed by atoms with E-state index in [-0.39, 0.29) is 12.1 Å². The smallest absolute Gasteiger partial charge is 0.194 e. The number of β-amino-alcohol motifs (C(OH)–C–C–N with tert-alkyl or cyclic N) is 1. The number of likely N-dealkylation sites (tertiary alicyclic amines) is 1. The number of rotatable bonds is 5. The lowest BCUT2D eigenvalue weighted by Gasteiger charge is -2.24. The largest absolute Gasteiger partial charge is 0.468 e. The van der Waals surface area contributed by atoms with Gasteiger partial charge >= 0.3 is 0 Å². The summed E-state index contributed by atoms with van der Waals surface area (Å²) in [5.41, 5.74) is 0. The highest BCUT2D eigenvalue weighted by molar-refractivity contribution is 5.80. The van der Waals surface area contributed by atoms with Crippen molar-refractivity contribution in [2.45, 2.75) is 25.5 Å². The number of aliphatic imine (C=N–C) groups is 1. The number of aliphatic hydroxyl groups is 1. The van der Waals surface area contributed by atoms with Crippen molar-refractivity contribution in [1.29, 1.82) is 0 Å². The van der Waals surface area contributed by atoms with Gasteiger partial charge in [0.2, 0.25) is 0 Å².